The first-order chi connectivity index (χ1) is 16.9. The van der Waals surface area contributed by atoms with Crippen LogP contribution in [0.2, 0.25) is 0 Å². The molecule has 1 saturated heterocycles. The summed E-state index contributed by atoms with van der Waals surface area (Å²) < 4.78 is 19.8. The molecule has 1 aromatic carbocycles. The molecule has 2 fully saturated rings. The second-order valence-corrected chi connectivity index (χ2v) is 9.35. The van der Waals surface area contributed by atoms with E-state index in [1.165, 1.54) is 6.07 Å². The molecule has 3 amide bonds. The maximum atomic E-state index is 14.5. The number of carbonyl (C=O) groups excluding carboxylic acids is 2. The van der Waals surface area contributed by atoms with Crippen molar-refractivity contribution in [2.45, 2.75) is 76.9 Å². The van der Waals surface area contributed by atoms with Crippen LogP contribution < -0.4 is 10.6 Å². The van der Waals surface area contributed by atoms with Crippen molar-refractivity contribution >= 4 is 23.5 Å². The van der Waals surface area contributed by atoms with E-state index in [0.717, 1.165) is 49.8 Å². The molecule has 2 aliphatic rings. The zero-order chi connectivity index (χ0) is 25.2. The van der Waals surface area contributed by atoms with Gasteiger partial charge >= 0.3 is 12.1 Å². The van der Waals surface area contributed by atoms with Crippen LogP contribution in [0.3, 0.4) is 0 Å². The van der Waals surface area contributed by atoms with Crippen LogP contribution in [-0.2, 0) is 9.57 Å². The number of likely N-dealkylation sites (tertiary alicyclic amines) is 1. The number of aliphatic hydroxyl groups excluding tert-OH is 1. The first kappa shape index (κ1) is 26.7. The quantitative estimate of drug-likeness (QED) is 0.369. The van der Waals surface area contributed by atoms with Gasteiger partial charge in [-0.2, -0.15) is 0 Å². The van der Waals surface area contributed by atoms with E-state index < -0.39 is 11.8 Å². The summed E-state index contributed by atoms with van der Waals surface area (Å²) in [6.07, 6.45) is 4.79. The van der Waals surface area contributed by atoms with E-state index in [1.807, 2.05) is 19.9 Å². The molecule has 1 saturated carbocycles. The van der Waals surface area contributed by atoms with E-state index >= 15 is 0 Å². The zero-order valence-electron chi connectivity index (χ0n) is 20.6. The third-order valence-electron chi connectivity index (χ3n) is 6.26. The molecule has 194 valence electrons. The topological polar surface area (TPSA) is 112 Å². The SMILES string of the molecule is CC(C)OC(=O)N1CCC(ON=C2CCC(c3ccc(NC(=O)NCCCO)c(F)c3)CC2)CC1. The number of nitrogens with zero attached hydrogens (tertiary/aromatic N) is 2. The van der Waals surface area contributed by atoms with E-state index in [9.17, 15) is 14.0 Å². The largest absolute Gasteiger partial charge is 0.447 e. The Morgan fingerprint density at radius 1 is 1.20 bits per heavy atom. The van der Waals surface area contributed by atoms with Crippen LogP contribution in [0.4, 0.5) is 19.7 Å². The van der Waals surface area contributed by atoms with Gasteiger partial charge in [0.15, 0.2) is 0 Å². The lowest BCUT2D eigenvalue weighted by Gasteiger charge is -2.31. The van der Waals surface area contributed by atoms with Crippen molar-refractivity contribution in [3.05, 3.63) is 29.6 Å². The molecule has 1 aliphatic heterocycles. The van der Waals surface area contributed by atoms with Crippen molar-refractivity contribution in [2.24, 2.45) is 5.16 Å². The molecule has 0 aromatic heterocycles. The van der Waals surface area contributed by atoms with Gasteiger partial charge in [0.1, 0.15) is 11.9 Å². The average molecular weight is 493 g/mol. The van der Waals surface area contributed by atoms with Crippen LogP contribution in [0.5, 0.6) is 0 Å². The Balaban J connectivity index is 1.41. The van der Waals surface area contributed by atoms with Gasteiger partial charge < -0.3 is 30.2 Å². The maximum Gasteiger partial charge on any atom is 0.410 e. The van der Waals surface area contributed by atoms with Crippen molar-refractivity contribution in [2.75, 3.05) is 31.6 Å². The van der Waals surface area contributed by atoms with Gasteiger partial charge in [-0.3, -0.25) is 0 Å². The van der Waals surface area contributed by atoms with Gasteiger partial charge in [0.2, 0.25) is 0 Å². The minimum absolute atomic E-state index is 0.00157. The van der Waals surface area contributed by atoms with Gasteiger partial charge in [0.05, 0.1) is 17.5 Å². The van der Waals surface area contributed by atoms with Crippen LogP contribution >= 0.6 is 0 Å². The predicted molar refractivity (Wildman–Crippen MR) is 131 cm³/mol. The van der Waals surface area contributed by atoms with E-state index in [-0.39, 0.29) is 36.5 Å². The minimum Gasteiger partial charge on any atom is -0.447 e. The van der Waals surface area contributed by atoms with Crippen molar-refractivity contribution in [1.82, 2.24) is 10.2 Å². The molecule has 0 spiro atoms. The number of anilines is 1. The van der Waals surface area contributed by atoms with Gasteiger partial charge in [0, 0.05) is 39.1 Å². The first-order valence-corrected chi connectivity index (χ1v) is 12.5. The third-order valence-corrected chi connectivity index (χ3v) is 6.26. The molecule has 0 bridgehead atoms. The van der Waals surface area contributed by atoms with Crippen LogP contribution in [0.15, 0.2) is 23.4 Å². The molecule has 0 atom stereocenters. The lowest BCUT2D eigenvalue weighted by atomic mass is 9.83. The van der Waals surface area contributed by atoms with Crippen LogP contribution in [0.25, 0.3) is 0 Å². The van der Waals surface area contributed by atoms with Crippen molar-refractivity contribution in [3.8, 4) is 0 Å². The molecule has 3 rings (SSSR count). The average Bonchev–Trinajstić information content (AvgIpc) is 2.84. The standard InChI is InChI=1S/C25H37FN4O5/c1-17(2)34-25(33)30-13-10-21(11-14-30)35-29-20-7-4-18(5-8-20)19-6-9-23(22(26)16-19)28-24(32)27-12-3-15-31/h6,9,16-18,21,31H,3-5,7-8,10-15H2,1-2H3,(H2,27,28,32). The second-order valence-electron chi connectivity index (χ2n) is 9.35. The van der Waals surface area contributed by atoms with Gasteiger partial charge in [-0.25, -0.2) is 14.0 Å². The summed E-state index contributed by atoms with van der Waals surface area (Å²) in [6.45, 7) is 5.19. The van der Waals surface area contributed by atoms with Gasteiger partial charge in [-0.05, 0) is 69.6 Å². The Labute approximate surface area is 206 Å². The molecule has 3 N–H and O–H groups in total. The van der Waals surface area contributed by atoms with Crippen LogP contribution in [0, 0.1) is 5.82 Å². The summed E-state index contributed by atoms with van der Waals surface area (Å²) in [5.74, 6) is -0.239. The number of carbonyl (C=O) groups is 2. The highest BCUT2D eigenvalue weighted by Gasteiger charge is 2.26. The highest BCUT2D eigenvalue weighted by molar-refractivity contribution is 5.89. The Kier molecular flexibility index (Phi) is 10.1. The summed E-state index contributed by atoms with van der Waals surface area (Å²) >= 11 is 0. The number of nitrogens with one attached hydrogen (secondary N) is 2. The number of rotatable bonds is 8. The van der Waals surface area contributed by atoms with Gasteiger partial charge in [-0.15, -0.1) is 0 Å². The smallest absolute Gasteiger partial charge is 0.410 e. The highest BCUT2D eigenvalue weighted by atomic mass is 19.1. The fraction of sp³-hybridized carbons (Fsp3) is 0.640. The van der Waals surface area contributed by atoms with E-state index in [1.54, 1.807) is 11.0 Å². The normalized spacial score (nSPS) is 18.8. The van der Waals surface area contributed by atoms with E-state index in [4.69, 9.17) is 14.7 Å². The summed E-state index contributed by atoms with van der Waals surface area (Å²) in [6, 6.07) is 4.44. The van der Waals surface area contributed by atoms with Gasteiger partial charge in [0.25, 0.3) is 0 Å². The molecule has 10 heteroatoms. The maximum absolute atomic E-state index is 14.5. The predicted octanol–water partition coefficient (Wildman–Crippen LogP) is 4.37. The molecule has 35 heavy (non-hydrogen) atoms. The molecular formula is C25H37FN4O5. The number of oxime groups is 1. The number of amides is 3. The first-order valence-electron chi connectivity index (χ1n) is 12.5. The number of hydrogen-bond donors (Lipinski definition) is 3. The molecule has 0 unspecified atom stereocenters. The number of hydrogen-bond acceptors (Lipinski definition) is 6. The zero-order valence-corrected chi connectivity index (χ0v) is 20.6. The number of halogens is 1. The Morgan fingerprint density at radius 2 is 1.91 bits per heavy atom. The van der Waals surface area contributed by atoms with E-state index in [2.05, 4.69) is 15.8 Å². The second kappa shape index (κ2) is 13.3. The third kappa shape index (κ3) is 8.38. The molecule has 1 aromatic rings. The fourth-order valence-electron chi connectivity index (χ4n) is 4.28. The lowest BCUT2D eigenvalue weighted by Crippen LogP contribution is -2.41. The Morgan fingerprint density at radius 3 is 2.54 bits per heavy atom. The molecule has 9 nitrogen and oxygen atoms in total. The van der Waals surface area contributed by atoms with Crippen molar-refractivity contribution in [3.63, 3.8) is 0 Å². The number of benzene rings is 1. The number of piperidine rings is 1. The summed E-state index contributed by atoms with van der Waals surface area (Å²) in [5.41, 5.74) is 2.06. The van der Waals surface area contributed by atoms with Crippen LogP contribution in [-0.4, -0.2) is 66.3 Å². The Bertz CT molecular complexity index is 877. The summed E-state index contributed by atoms with van der Waals surface area (Å²) in [7, 11) is 0. The Hall–Kier alpha value is -2.88. The number of aliphatic hydroxyl groups is 1. The number of ether oxygens (including phenoxy) is 1. The molecular weight excluding hydrogens is 455 g/mol. The fourth-order valence-corrected chi connectivity index (χ4v) is 4.28. The summed E-state index contributed by atoms with van der Waals surface area (Å²) in [5, 5.41) is 18.2. The molecule has 0 radical (unpaired) electrons. The number of urea groups is 1. The summed E-state index contributed by atoms with van der Waals surface area (Å²) in [4.78, 5) is 31.3. The minimum atomic E-state index is -0.496. The van der Waals surface area contributed by atoms with E-state index in [0.29, 0.717) is 26.1 Å². The molecule has 1 heterocycles. The van der Waals surface area contributed by atoms with Crippen molar-refractivity contribution in [1.29, 1.82) is 0 Å². The van der Waals surface area contributed by atoms with Gasteiger partial charge in [-0.1, -0.05) is 11.2 Å². The highest BCUT2D eigenvalue weighted by Crippen LogP contribution is 2.33. The monoisotopic (exact) mass is 492 g/mol. The lowest BCUT2D eigenvalue weighted by molar-refractivity contribution is 0.00403. The van der Waals surface area contributed by atoms with Crippen LogP contribution in [0.1, 0.15) is 70.3 Å². The molecule has 1 aliphatic carbocycles. The van der Waals surface area contributed by atoms with Crippen molar-refractivity contribution < 1.29 is 28.7 Å².